The zero-order valence-corrected chi connectivity index (χ0v) is 11.3. The molecule has 3 nitrogen and oxygen atoms in total. The minimum Gasteiger partial charge on any atom is -0.271 e. The van der Waals surface area contributed by atoms with Crippen LogP contribution in [-0.2, 0) is 12.8 Å². The number of hydrogen-bond acceptors (Lipinski definition) is 3. The zero-order chi connectivity index (χ0) is 13.5. The molecule has 1 aromatic carbocycles. The van der Waals surface area contributed by atoms with Gasteiger partial charge in [-0.15, -0.1) is 0 Å². The fraction of sp³-hybridized carbons (Fsp3) is 0.312. The molecule has 0 aliphatic rings. The number of aromatic nitrogens is 1. The van der Waals surface area contributed by atoms with E-state index in [2.05, 4.69) is 47.7 Å². The topological polar surface area (TPSA) is 50.9 Å². The molecule has 0 aliphatic heterocycles. The molecule has 19 heavy (non-hydrogen) atoms. The minimum absolute atomic E-state index is 0.179. The number of rotatable bonds is 6. The number of nitrogens with two attached hydrogens (primary N) is 1. The summed E-state index contributed by atoms with van der Waals surface area (Å²) in [7, 11) is 0. The van der Waals surface area contributed by atoms with Crippen molar-refractivity contribution in [3.63, 3.8) is 0 Å². The molecular weight excluding hydrogens is 234 g/mol. The van der Waals surface area contributed by atoms with Gasteiger partial charge in [0.15, 0.2) is 0 Å². The van der Waals surface area contributed by atoms with E-state index in [1.807, 2.05) is 18.5 Å². The van der Waals surface area contributed by atoms with Crippen molar-refractivity contribution < 1.29 is 0 Å². The van der Waals surface area contributed by atoms with Gasteiger partial charge in [-0.05, 0) is 42.0 Å². The molecule has 3 N–H and O–H groups in total. The number of nitrogens with one attached hydrogen (secondary N) is 1. The van der Waals surface area contributed by atoms with Crippen molar-refractivity contribution in [3.8, 4) is 0 Å². The molecule has 0 radical (unpaired) electrons. The summed E-state index contributed by atoms with van der Waals surface area (Å²) in [6, 6.07) is 12.7. The normalized spacial score (nSPS) is 12.3. The Morgan fingerprint density at radius 3 is 2.68 bits per heavy atom. The molecule has 2 rings (SSSR count). The van der Waals surface area contributed by atoms with E-state index in [0.29, 0.717) is 0 Å². The Hall–Kier alpha value is -1.71. The van der Waals surface area contributed by atoms with E-state index in [4.69, 9.17) is 5.84 Å². The molecule has 0 aliphatic carbocycles. The van der Waals surface area contributed by atoms with Crippen molar-refractivity contribution in [2.24, 2.45) is 5.84 Å². The van der Waals surface area contributed by atoms with E-state index in [1.54, 1.807) is 0 Å². The van der Waals surface area contributed by atoms with Gasteiger partial charge >= 0.3 is 0 Å². The number of aryl methyl sites for hydroxylation is 2. The predicted molar refractivity (Wildman–Crippen MR) is 78.4 cm³/mol. The Labute approximate surface area is 114 Å². The van der Waals surface area contributed by atoms with E-state index in [9.17, 15) is 0 Å². The minimum atomic E-state index is 0.179. The number of benzene rings is 1. The van der Waals surface area contributed by atoms with Crippen LogP contribution in [0.25, 0.3) is 0 Å². The molecule has 3 heteroatoms. The summed E-state index contributed by atoms with van der Waals surface area (Å²) in [5.74, 6) is 5.72. The maximum atomic E-state index is 5.72. The van der Waals surface area contributed by atoms with Crippen LogP contribution in [0.15, 0.2) is 48.8 Å². The number of hydrogen-bond donors (Lipinski definition) is 2. The lowest BCUT2D eigenvalue weighted by atomic mass is 9.96. The van der Waals surface area contributed by atoms with Crippen molar-refractivity contribution in [2.75, 3.05) is 0 Å². The van der Waals surface area contributed by atoms with Crippen LogP contribution < -0.4 is 11.3 Å². The third kappa shape index (κ3) is 3.63. The molecule has 1 heterocycles. The van der Waals surface area contributed by atoms with Crippen LogP contribution in [0, 0.1) is 0 Å². The van der Waals surface area contributed by atoms with Gasteiger partial charge in [-0.1, -0.05) is 37.3 Å². The first-order chi connectivity index (χ1) is 9.35. The van der Waals surface area contributed by atoms with Gasteiger partial charge in [-0.25, -0.2) is 0 Å². The zero-order valence-electron chi connectivity index (χ0n) is 11.3. The average Bonchev–Trinajstić information content (AvgIpc) is 2.49. The maximum Gasteiger partial charge on any atom is 0.0467 e. The van der Waals surface area contributed by atoms with Crippen molar-refractivity contribution in [1.29, 1.82) is 0 Å². The van der Waals surface area contributed by atoms with Crippen LogP contribution in [0.3, 0.4) is 0 Å². The van der Waals surface area contributed by atoms with Crippen molar-refractivity contribution >= 4 is 0 Å². The molecular formula is C16H21N3. The molecule has 0 amide bonds. The molecule has 1 unspecified atom stereocenters. The second-order valence-corrected chi connectivity index (χ2v) is 4.67. The van der Waals surface area contributed by atoms with Gasteiger partial charge in [-0.3, -0.25) is 16.3 Å². The molecule has 1 aromatic heterocycles. The van der Waals surface area contributed by atoms with Gasteiger partial charge < -0.3 is 0 Å². The number of hydrazine groups is 1. The standard InChI is InChI=1S/C16H21N3/c1-2-14-12-18-11-10-15(14)16(19-17)9-8-13-6-4-3-5-7-13/h3-7,10-12,16,19H,2,8-9,17H2,1H3. The van der Waals surface area contributed by atoms with Crippen molar-refractivity contribution in [2.45, 2.75) is 32.2 Å². The Kier molecular flexibility index (Phi) is 5.07. The highest BCUT2D eigenvalue weighted by molar-refractivity contribution is 5.27. The Morgan fingerprint density at radius 1 is 1.21 bits per heavy atom. The molecule has 0 saturated carbocycles. The van der Waals surface area contributed by atoms with E-state index in [1.165, 1.54) is 16.7 Å². The second-order valence-electron chi connectivity index (χ2n) is 4.67. The first-order valence-electron chi connectivity index (χ1n) is 6.78. The molecule has 2 aromatic rings. The van der Waals surface area contributed by atoms with E-state index < -0.39 is 0 Å². The largest absolute Gasteiger partial charge is 0.271 e. The van der Waals surface area contributed by atoms with Gasteiger partial charge in [0.05, 0.1) is 0 Å². The second kappa shape index (κ2) is 7.02. The van der Waals surface area contributed by atoms with Gasteiger partial charge in [0, 0.05) is 18.4 Å². The number of nitrogens with zero attached hydrogens (tertiary/aromatic N) is 1. The summed E-state index contributed by atoms with van der Waals surface area (Å²) in [4.78, 5) is 4.18. The summed E-state index contributed by atoms with van der Waals surface area (Å²) >= 11 is 0. The highest BCUT2D eigenvalue weighted by Gasteiger charge is 2.13. The molecule has 0 fully saturated rings. The number of pyridine rings is 1. The third-order valence-electron chi connectivity index (χ3n) is 3.46. The summed E-state index contributed by atoms with van der Waals surface area (Å²) in [5.41, 5.74) is 6.80. The van der Waals surface area contributed by atoms with Crippen LogP contribution in [0.4, 0.5) is 0 Å². The van der Waals surface area contributed by atoms with E-state index in [-0.39, 0.29) is 6.04 Å². The van der Waals surface area contributed by atoms with Gasteiger partial charge in [0.2, 0.25) is 0 Å². The lowest BCUT2D eigenvalue weighted by Gasteiger charge is -2.19. The maximum absolute atomic E-state index is 5.72. The van der Waals surface area contributed by atoms with Gasteiger partial charge in [0.1, 0.15) is 0 Å². The van der Waals surface area contributed by atoms with Crippen LogP contribution in [0.1, 0.15) is 36.1 Å². The van der Waals surface area contributed by atoms with Crippen LogP contribution in [0.2, 0.25) is 0 Å². The highest BCUT2D eigenvalue weighted by Crippen LogP contribution is 2.21. The monoisotopic (exact) mass is 255 g/mol. The predicted octanol–water partition coefficient (Wildman–Crippen LogP) is 2.78. The van der Waals surface area contributed by atoms with Gasteiger partial charge in [0.25, 0.3) is 0 Å². The Balaban J connectivity index is 2.08. The lowest BCUT2D eigenvalue weighted by molar-refractivity contribution is 0.512. The van der Waals surface area contributed by atoms with Crippen LogP contribution >= 0.6 is 0 Å². The lowest BCUT2D eigenvalue weighted by Crippen LogP contribution is -2.29. The van der Waals surface area contributed by atoms with E-state index in [0.717, 1.165) is 19.3 Å². The smallest absolute Gasteiger partial charge is 0.0467 e. The van der Waals surface area contributed by atoms with E-state index >= 15 is 0 Å². The fourth-order valence-electron chi connectivity index (χ4n) is 2.36. The van der Waals surface area contributed by atoms with Crippen LogP contribution in [-0.4, -0.2) is 4.98 Å². The first kappa shape index (κ1) is 13.7. The third-order valence-corrected chi connectivity index (χ3v) is 3.46. The van der Waals surface area contributed by atoms with Gasteiger partial charge in [-0.2, -0.15) is 0 Å². The first-order valence-corrected chi connectivity index (χ1v) is 6.78. The highest BCUT2D eigenvalue weighted by atomic mass is 15.2. The summed E-state index contributed by atoms with van der Waals surface area (Å²) < 4.78 is 0. The SMILES string of the molecule is CCc1cnccc1C(CCc1ccccc1)NN. The fourth-order valence-corrected chi connectivity index (χ4v) is 2.36. The van der Waals surface area contributed by atoms with Crippen molar-refractivity contribution in [3.05, 3.63) is 65.5 Å². The molecule has 0 bridgehead atoms. The Morgan fingerprint density at radius 2 is 2.00 bits per heavy atom. The Bertz CT molecular complexity index is 496. The molecule has 0 spiro atoms. The summed E-state index contributed by atoms with van der Waals surface area (Å²) in [6.07, 6.45) is 6.74. The van der Waals surface area contributed by atoms with Crippen molar-refractivity contribution in [1.82, 2.24) is 10.4 Å². The molecule has 0 saturated heterocycles. The van der Waals surface area contributed by atoms with Crippen LogP contribution in [0.5, 0.6) is 0 Å². The molecule has 1 atom stereocenters. The summed E-state index contributed by atoms with van der Waals surface area (Å²) in [5, 5.41) is 0. The molecule has 100 valence electrons. The average molecular weight is 255 g/mol. The quantitative estimate of drug-likeness (QED) is 0.616. The summed E-state index contributed by atoms with van der Waals surface area (Å²) in [6.45, 7) is 2.14.